The first-order valence-electron chi connectivity index (χ1n) is 13.7. The van der Waals surface area contributed by atoms with E-state index in [1.807, 2.05) is 56.9 Å². The van der Waals surface area contributed by atoms with E-state index < -0.39 is 0 Å². The van der Waals surface area contributed by atoms with Crippen molar-refractivity contribution >= 4 is 34.7 Å². The summed E-state index contributed by atoms with van der Waals surface area (Å²) in [6.07, 6.45) is 9.51. The molecule has 0 unspecified atom stereocenters. The monoisotopic (exact) mass is 522 g/mol. The van der Waals surface area contributed by atoms with Gasteiger partial charge in [0.25, 0.3) is 5.91 Å². The Hall–Kier alpha value is -4.24. The molecule has 198 valence electrons. The van der Waals surface area contributed by atoms with Gasteiger partial charge in [-0.25, -0.2) is 9.97 Å². The number of hydrogen-bond acceptors (Lipinski definition) is 6. The highest BCUT2D eigenvalue weighted by atomic mass is 16.5. The minimum Gasteiger partial charge on any atom is -0.378 e. The quantitative estimate of drug-likeness (QED) is 0.420. The zero-order chi connectivity index (χ0) is 26.3. The number of aromatic nitrogens is 3. The van der Waals surface area contributed by atoms with Crippen LogP contribution in [0.4, 0.5) is 17.2 Å². The number of ether oxygens (including phenoxy) is 1. The smallest absolute Gasteiger partial charge is 0.254 e. The van der Waals surface area contributed by atoms with E-state index in [9.17, 15) is 9.59 Å². The summed E-state index contributed by atoms with van der Waals surface area (Å²) < 4.78 is 7.33. The SMILES string of the molecule is O=C(c1ccc(Nc2nc(-c3cccc4c3CCCN4C(=O)C3CC3)cn3ccnc23)cc1)N1CCOCC1. The molecule has 0 bridgehead atoms. The van der Waals surface area contributed by atoms with Crippen LogP contribution in [-0.2, 0) is 16.0 Å². The fraction of sp³-hybridized carbons (Fsp3) is 0.333. The predicted molar refractivity (Wildman–Crippen MR) is 148 cm³/mol. The third-order valence-electron chi connectivity index (χ3n) is 7.79. The normalized spacial score (nSPS) is 17.2. The van der Waals surface area contributed by atoms with Crippen LogP contribution in [0.5, 0.6) is 0 Å². The maximum Gasteiger partial charge on any atom is 0.254 e. The van der Waals surface area contributed by atoms with E-state index in [2.05, 4.69) is 22.4 Å². The average Bonchev–Trinajstić information content (AvgIpc) is 3.73. The number of carbonyl (C=O) groups is 2. The Labute approximate surface area is 226 Å². The second-order valence-corrected chi connectivity index (χ2v) is 10.4. The van der Waals surface area contributed by atoms with Crippen molar-refractivity contribution in [2.75, 3.05) is 43.1 Å². The van der Waals surface area contributed by atoms with Crippen LogP contribution in [0.25, 0.3) is 16.9 Å². The van der Waals surface area contributed by atoms with E-state index in [1.54, 1.807) is 6.20 Å². The Bertz CT molecular complexity index is 1550. The molecule has 2 aromatic carbocycles. The van der Waals surface area contributed by atoms with E-state index in [1.165, 1.54) is 5.56 Å². The number of morpholine rings is 1. The first-order valence-corrected chi connectivity index (χ1v) is 13.7. The summed E-state index contributed by atoms with van der Waals surface area (Å²) >= 11 is 0. The van der Waals surface area contributed by atoms with E-state index in [4.69, 9.17) is 9.72 Å². The highest BCUT2D eigenvalue weighted by molar-refractivity contribution is 5.98. The molecule has 0 spiro atoms. The van der Waals surface area contributed by atoms with Crippen molar-refractivity contribution in [3.8, 4) is 11.3 Å². The number of amides is 2. The molecule has 0 radical (unpaired) electrons. The molecule has 9 heteroatoms. The largest absolute Gasteiger partial charge is 0.378 e. The van der Waals surface area contributed by atoms with Gasteiger partial charge in [-0.05, 0) is 61.6 Å². The van der Waals surface area contributed by atoms with Gasteiger partial charge in [0.1, 0.15) is 0 Å². The summed E-state index contributed by atoms with van der Waals surface area (Å²) in [4.78, 5) is 39.1. The lowest BCUT2D eigenvalue weighted by Crippen LogP contribution is -2.40. The molecule has 4 aromatic rings. The first-order chi connectivity index (χ1) is 19.2. The van der Waals surface area contributed by atoms with Crippen molar-refractivity contribution in [3.63, 3.8) is 0 Å². The van der Waals surface area contributed by atoms with E-state index in [0.717, 1.165) is 54.9 Å². The minimum atomic E-state index is 0.0173. The molecule has 2 aliphatic heterocycles. The lowest BCUT2D eigenvalue weighted by atomic mass is 9.94. The zero-order valence-corrected chi connectivity index (χ0v) is 21.7. The second-order valence-electron chi connectivity index (χ2n) is 10.4. The van der Waals surface area contributed by atoms with Crippen LogP contribution in [0, 0.1) is 5.92 Å². The van der Waals surface area contributed by atoms with Gasteiger partial charge in [-0.2, -0.15) is 0 Å². The van der Waals surface area contributed by atoms with Crippen LogP contribution in [0.3, 0.4) is 0 Å². The third kappa shape index (κ3) is 4.52. The molecule has 1 saturated carbocycles. The number of nitrogens with zero attached hydrogens (tertiary/aromatic N) is 5. The number of carbonyl (C=O) groups excluding carboxylic acids is 2. The Balaban J connectivity index is 1.20. The maximum atomic E-state index is 13.0. The van der Waals surface area contributed by atoms with Gasteiger partial charge in [0, 0.05) is 66.6 Å². The van der Waals surface area contributed by atoms with Crippen molar-refractivity contribution in [1.82, 2.24) is 19.3 Å². The predicted octanol–water partition coefficient (Wildman–Crippen LogP) is 4.30. The van der Waals surface area contributed by atoms with Gasteiger partial charge in [0.05, 0.1) is 18.9 Å². The summed E-state index contributed by atoms with van der Waals surface area (Å²) in [5, 5.41) is 3.42. The molecular formula is C30H30N6O3. The highest BCUT2D eigenvalue weighted by Gasteiger charge is 2.36. The molecule has 1 saturated heterocycles. The molecule has 7 rings (SSSR count). The van der Waals surface area contributed by atoms with E-state index in [0.29, 0.717) is 43.3 Å². The van der Waals surface area contributed by atoms with Gasteiger partial charge in [0.15, 0.2) is 11.5 Å². The van der Waals surface area contributed by atoms with Gasteiger partial charge in [-0.1, -0.05) is 12.1 Å². The van der Waals surface area contributed by atoms with Gasteiger partial charge in [-0.3, -0.25) is 9.59 Å². The zero-order valence-electron chi connectivity index (χ0n) is 21.7. The molecule has 1 aliphatic carbocycles. The van der Waals surface area contributed by atoms with Crippen molar-refractivity contribution in [3.05, 3.63) is 72.2 Å². The number of nitrogens with one attached hydrogen (secondary N) is 1. The Morgan fingerprint density at radius 3 is 2.62 bits per heavy atom. The topological polar surface area (TPSA) is 92.1 Å². The third-order valence-corrected chi connectivity index (χ3v) is 7.79. The maximum absolute atomic E-state index is 13.0. The van der Waals surface area contributed by atoms with Crippen LogP contribution in [0.15, 0.2) is 61.1 Å². The van der Waals surface area contributed by atoms with Crippen LogP contribution in [0.1, 0.15) is 35.2 Å². The standard InChI is InChI=1S/C30H30N6O3/c37-29(34-15-17-39-18-16-34)20-8-10-22(11-9-20)32-27-28-31-12-14-35(28)19-25(33-27)23-3-1-5-26-24(23)4-2-13-36(26)30(38)21-6-7-21/h1,3,5,8-12,14,19,21H,2,4,6-7,13,15-18H2,(H,32,33). The molecule has 2 fully saturated rings. The summed E-state index contributed by atoms with van der Waals surface area (Å²) in [5.41, 5.74) is 6.21. The molecule has 0 atom stereocenters. The lowest BCUT2D eigenvalue weighted by molar-refractivity contribution is -0.119. The summed E-state index contributed by atoms with van der Waals surface area (Å²) in [7, 11) is 0. The van der Waals surface area contributed by atoms with Crippen molar-refractivity contribution in [2.45, 2.75) is 25.7 Å². The number of imidazole rings is 1. The van der Waals surface area contributed by atoms with Gasteiger partial charge >= 0.3 is 0 Å². The average molecular weight is 523 g/mol. The summed E-state index contributed by atoms with van der Waals surface area (Å²) in [6.45, 7) is 3.16. The number of hydrogen-bond donors (Lipinski definition) is 1. The van der Waals surface area contributed by atoms with E-state index in [-0.39, 0.29) is 17.7 Å². The highest BCUT2D eigenvalue weighted by Crippen LogP contribution is 2.39. The van der Waals surface area contributed by atoms with Crippen LogP contribution >= 0.6 is 0 Å². The van der Waals surface area contributed by atoms with Crippen molar-refractivity contribution in [2.24, 2.45) is 5.92 Å². The van der Waals surface area contributed by atoms with Gasteiger partial charge in [-0.15, -0.1) is 0 Å². The van der Waals surface area contributed by atoms with Crippen molar-refractivity contribution < 1.29 is 14.3 Å². The Morgan fingerprint density at radius 1 is 1.00 bits per heavy atom. The van der Waals surface area contributed by atoms with Gasteiger partial charge in [0.2, 0.25) is 5.91 Å². The van der Waals surface area contributed by atoms with E-state index >= 15 is 0 Å². The first kappa shape index (κ1) is 23.8. The molecule has 9 nitrogen and oxygen atoms in total. The fourth-order valence-electron chi connectivity index (χ4n) is 5.57. The molecule has 1 N–H and O–H groups in total. The van der Waals surface area contributed by atoms with Gasteiger partial charge < -0.3 is 24.3 Å². The van der Waals surface area contributed by atoms with Crippen molar-refractivity contribution in [1.29, 1.82) is 0 Å². The Kier molecular flexibility index (Phi) is 6.00. The fourth-order valence-corrected chi connectivity index (χ4v) is 5.57. The minimum absolute atomic E-state index is 0.0173. The number of fused-ring (bicyclic) bond motifs is 2. The summed E-state index contributed by atoms with van der Waals surface area (Å²) in [6, 6.07) is 13.6. The number of anilines is 3. The molecule has 2 aromatic heterocycles. The number of rotatable bonds is 5. The summed E-state index contributed by atoms with van der Waals surface area (Å²) in [5.74, 6) is 1.09. The lowest BCUT2D eigenvalue weighted by Gasteiger charge is -2.31. The molecule has 3 aliphatic rings. The number of benzene rings is 2. The molecular weight excluding hydrogens is 492 g/mol. The van der Waals surface area contributed by atoms with Crippen LogP contribution < -0.4 is 10.2 Å². The van der Waals surface area contributed by atoms with Crippen LogP contribution in [0.2, 0.25) is 0 Å². The van der Waals surface area contributed by atoms with Crippen LogP contribution in [-0.4, -0.2) is 63.9 Å². The Morgan fingerprint density at radius 2 is 1.82 bits per heavy atom. The molecule has 39 heavy (non-hydrogen) atoms. The second kappa shape index (κ2) is 9.81. The molecule has 2 amide bonds. The molecule has 4 heterocycles.